The highest BCUT2D eigenvalue weighted by molar-refractivity contribution is 7.89. The van der Waals surface area contributed by atoms with E-state index in [1.807, 2.05) is 48.5 Å². The van der Waals surface area contributed by atoms with Gasteiger partial charge in [0.1, 0.15) is 11.8 Å². The van der Waals surface area contributed by atoms with Crippen molar-refractivity contribution >= 4 is 15.9 Å². The number of fused-ring (bicyclic) bond motifs is 1. The molecule has 1 aliphatic heterocycles. The number of rotatable bonds is 6. The molecule has 2 aromatic rings. The van der Waals surface area contributed by atoms with Gasteiger partial charge in [0.25, 0.3) is 0 Å². The van der Waals surface area contributed by atoms with Crippen molar-refractivity contribution in [3.8, 4) is 5.75 Å². The van der Waals surface area contributed by atoms with E-state index in [-0.39, 0.29) is 18.2 Å². The number of benzene rings is 2. The summed E-state index contributed by atoms with van der Waals surface area (Å²) in [5, 5.41) is 0. The largest absolute Gasteiger partial charge is 0.497 e. The molecule has 1 amide bonds. The zero-order valence-corrected chi connectivity index (χ0v) is 17.3. The number of hydrogen-bond acceptors (Lipinski definition) is 4. The summed E-state index contributed by atoms with van der Waals surface area (Å²) in [7, 11) is -0.187. The van der Waals surface area contributed by atoms with Crippen LogP contribution in [0.3, 0.4) is 0 Å². The second-order valence-corrected chi connectivity index (χ2v) is 9.19. The number of hydrogen-bond donors (Lipinski definition) is 0. The summed E-state index contributed by atoms with van der Waals surface area (Å²) in [6.07, 6.45) is 0.390. The second kappa shape index (κ2) is 8.32. The number of nitrogens with zero attached hydrogens (tertiary/aromatic N) is 2. The van der Waals surface area contributed by atoms with E-state index >= 15 is 0 Å². The Morgan fingerprint density at radius 3 is 2.39 bits per heavy atom. The van der Waals surface area contributed by atoms with Gasteiger partial charge in [-0.15, -0.1) is 0 Å². The smallest absolute Gasteiger partial charge is 0.241 e. The second-order valence-electron chi connectivity index (χ2n) is 6.98. The minimum atomic E-state index is -3.50. The first-order chi connectivity index (χ1) is 13.4. The fraction of sp³-hybridized carbons (Fsp3) is 0.381. The van der Waals surface area contributed by atoms with E-state index < -0.39 is 16.1 Å². The van der Waals surface area contributed by atoms with Crippen LogP contribution in [-0.2, 0) is 34.3 Å². The molecule has 0 aliphatic carbocycles. The summed E-state index contributed by atoms with van der Waals surface area (Å²) in [4.78, 5) is 14.8. The van der Waals surface area contributed by atoms with Gasteiger partial charge in [-0.05, 0) is 42.2 Å². The SMILES string of the molecule is CCS(=O)(=O)N1Cc2ccccc2CC1C(=O)N(C)Cc1ccc(OC)cc1. The van der Waals surface area contributed by atoms with Crippen LogP contribution in [0.15, 0.2) is 48.5 Å². The fourth-order valence-electron chi connectivity index (χ4n) is 3.50. The van der Waals surface area contributed by atoms with Crippen LogP contribution in [0.1, 0.15) is 23.6 Å². The van der Waals surface area contributed by atoms with Crippen molar-refractivity contribution in [3.63, 3.8) is 0 Å². The van der Waals surface area contributed by atoms with Crippen LogP contribution < -0.4 is 4.74 Å². The Bertz CT molecular complexity index is 941. The molecule has 1 unspecified atom stereocenters. The number of likely N-dealkylation sites (N-methyl/N-ethyl adjacent to an activating group) is 1. The Morgan fingerprint density at radius 1 is 1.14 bits per heavy atom. The minimum Gasteiger partial charge on any atom is -0.497 e. The molecule has 0 saturated carbocycles. The van der Waals surface area contributed by atoms with Crippen LogP contribution in [-0.4, -0.2) is 49.5 Å². The zero-order chi connectivity index (χ0) is 20.3. The first-order valence-corrected chi connectivity index (χ1v) is 10.9. The molecule has 0 bridgehead atoms. The molecule has 1 heterocycles. The molecule has 3 rings (SSSR count). The maximum Gasteiger partial charge on any atom is 0.241 e. The number of methoxy groups -OCH3 is 1. The molecule has 150 valence electrons. The molecule has 28 heavy (non-hydrogen) atoms. The summed E-state index contributed by atoms with van der Waals surface area (Å²) in [6.45, 7) is 2.25. The summed E-state index contributed by atoms with van der Waals surface area (Å²) in [5.41, 5.74) is 2.94. The summed E-state index contributed by atoms with van der Waals surface area (Å²) >= 11 is 0. The molecule has 0 spiro atoms. The average molecular weight is 403 g/mol. The molecule has 0 aromatic heterocycles. The standard InChI is InChI=1S/C21H26N2O4S/c1-4-28(25,26)23-15-18-8-6-5-7-17(18)13-20(23)21(24)22(2)14-16-9-11-19(27-3)12-10-16/h5-12,20H,4,13-15H2,1-3H3. The third kappa shape index (κ3) is 4.20. The summed E-state index contributed by atoms with van der Waals surface area (Å²) in [6, 6.07) is 14.5. The van der Waals surface area contributed by atoms with Crippen molar-refractivity contribution in [2.75, 3.05) is 19.9 Å². The Morgan fingerprint density at radius 2 is 1.79 bits per heavy atom. The molecule has 1 atom stereocenters. The van der Waals surface area contributed by atoms with Crippen LogP contribution in [0.4, 0.5) is 0 Å². The van der Waals surface area contributed by atoms with Crippen molar-refractivity contribution in [1.82, 2.24) is 9.21 Å². The Hall–Kier alpha value is -2.38. The highest BCUT2D eigenvalue weighted by Crippen LogP contribution is 2.27. The first kappa shape index (κ1) is 20.4. The van der Waals surface area contributed by atoms with E-state index in [1.165, 1.54) is 4.31 Å². The van der Waals surface area contributed by atoms with Crippen LogP contribution in [0.5, 0.6) is 5.75 Å². The van der Waals surface area contributed by atoms with Gasteiger partial charge in [0, 0.05) is 20.1 Å². The van der Waals surface area contributed by atoms with Crippen LogP contribution in [0.2, 0.25) is 0 Å². The topological polar surface area (TPSA) is 66.9 Å². The van der Waals surface area contributed by atoms with Gasteiger partial charge in [0.2, 0.25) is 15.9 Å². The molecule has 7 heteroatoms. The van der Waals surface area contributed by atoms with E-state index in [0.717, 1.165) is 22.4 Å². The third-order valence-electron chi connectivity index (χ3n) is 5.17. The molecule has 2 aromatic carbocycles. The van der Waals surface area contributed by atoms with E-state index in [0.29, 0.717) is 13.0 Å². The van der Waals surface area contributed by atoms with Gasteiger partial charge >= 0.3 is 0 Å². The number of carbonyl (C=O) groups is 1. The minimum absolute atomic E-state index is 0.0266. The van der Waals surface area contributed by atoms with Gasteiger partial charge in [-0.25, -0.2) is 8.42 Å². The molecule has 6 nitrogen and oxygen atoms in total. The lowest BCUT2D eigenvalue weighted by Gasteiger charge is -2.36. The molecule has 1 aliphatic rings. The molecule has 0 fully saturated rings. The van der Waals surface area contributed by atoms with Gasteiger partial charge < -0.3 is 9.64 Å². The van der Waals surface area contributed by atoms with Gasteiger partial charge in [-0.3, -0.25) is 4.79 Å². The molecular formula is C21H26N2O4S. The van der Waals surface area contributed by atoms with E-state index in [4.69, 9.17) is 4.74 Å². The summed E-state index contributed by atoms with van der Waals surface area (Å²) in [5.74, 6) is 0.533. The number of sulfonamides is 1. The van der Waals surface area contributed by atoms with Crippen LogP contribution >= 0.6 is 0 Å². The lowest BCUT2D eigenvalue weighted by molar-refractivity contribution is -0.135. The van der Waals surface area contributed by atoms with E-state index in [9.17, 15) is 13.2 Å². The van der Waals surface area contributed by atoms with Crippen molar-refractivity contribution in [2.45, 2.75) is 32.5 Å². The highest BCUT2D eigenvalue weighted by Gasteiger charge is 2.39. The zero-order valence-electron chi connectivity index (χ0n) is 16.5. The lowest BCUT2D eigenvalue weighted by Crippen LogP contribution is -2.53. The third-order valence-corrected chi connectivity index (χ3v) is 7.00. The predicted octanol–water partition coefficient (Wildman–Crippen LogP) is 2.43. The van der Waals surface area contributed by atoms with Crippen LogP contribution in [0, 0.1) is 0 Å². The molecule has 0 saturated heterocycles. The van der Waals surface area contributed by atoms with Gasteiger partial charge in [0.05, 0.1) is 12.9 Å². The molecule has 0 radical (unpaired) electrons. The van der Waals surface area contributed by atoms with Crippen molar-refractivity contribution in [2.24, 2.45) is 0 Å². The molecule has 0 N–H and O–H groups in total. The lowest BCUT2D eigenvalue weighted by atomic mass is 9.95. The quantitative estimate of drug-likeness (QED) is 0.744. The number of carbonyl (C=O) groups excluding carboxylic acids is 1. The van der Waals surface area contributed by atoms with Gasteiger partial charge in [-0.2, -0.15) is 4.31 Å². The fourth-order valence-corrected chi connectivity index (χ4v) is 4.72. The van der Waals surface area contributed by atoms with Gasteiger partial charge in [0.15, 0.2) is 0 Å². The predicted molar refractivity (Wildman–Crippen MR) is 108 cm³/mol. The van der Waals surface area contributed by atoms with Gasteiger partial charge in [-0.1, -0.05) is 36.4 Å². The Kier molecular flexibility index (Phi) is 6.05. The Labute approximate surface area is 166 Å². The number of ether oxygens (including phenoxy) is 1. The maximum atomic E-state index is 13.2. The first-order valence-electron chi connectivity index (χ1n) is 9.30. The maximum absolute atomic E-state index is 13.2. The molecular weight excluding hydrogens is 376 g/mol. The van der Waals surface area contributed by atoms with Crippen molar-refractivity contribution < 1.29 is 17.9 Å². The monoisotopic (exact) mass is 402 g/mol. The average Bonchev–Trinajstić information content (AvgIpc) is 2.72. The van der Waals surface area contributed by atoms with Crippen molar-refractivity contribution in [1.29, 1.82) is 0 Å². The van der Waals surface area contributed by atoms with Crippen molar-refractivity contribution in [3.05, 3.63) is 65.2 Å². The van der Waals surface area contributed by atoms with E-state index in [2.05, 4.69) is 0 Å². The normalized spacial score (nSPS) is 17.0. The van der Waals surface area contributed by atoms with E-state index in [1.54, 1.807) is 26.0 Å². The van der Waals surface area contributed by atoms with Crippen LogP contribution in [0.25, 0.3) is 0 Å². The Balaban J connectivity index is 1.84. The highest BCUT2D eigenvalue weighted by atomic mass is 32.2. The summed E-state index contributed by atoms with van der Waals surface area (Å²) < 4.78 is 31.9. The number of amides is 1.